The molecule has 1 amide bonds. The van der Waals surface area contributed by atoms with Crippen molar-refractivity contribution in [1.29, 1.82) is 0 Å². The van der Waals surface area contributed by atoms with Crippen molar-refractivity contribution in [3.8, 4) is 0 Å². The molecule has 6 nitrogen and oxygen atoms in total. The Balaban J connectivity index is 2.02. The topological polar surface area (TPSA) is 76.0 Å². The second-order valence-corrected chi connectivity index (χ2v) is 9.75. The maximum Gasteiger partial charge on any atom is 0.274 e. The minimum atomic E-state index is -3.12. The lowest BCUT2D eigenvalue weighted by Crippen LogP contribution is -2.37. The number of sulfone groups is 1. The first kappa shape index (κ1) is 18.0. The van der Waals surface area contributed by atoms with Crippen LogP contribution < -0.4 is 4.90 Å². The predicted molar refractivity (Wildman–Crippen MR) is 97.1 cm³/mol. The number of thioether (sulfide) groups is 1. The number of ether oxygens (including phenoxy) is 1. The molecule has 0 bridgehead atoms. The summed E-state index contributed by atoms with van der Waals surface area (Å²) >= 11 is 13.4. The molecule has 1 aromatic carbocycles. The lowest BCUT2D eigenvalue weighted by molar-refractivity contribution is -0.121. The van der Waals surface area contributed by atoms with Crippen molar-refractivity contribution < 1.29 is 17.9 Å². The molecule has 2 atom stereocenters. The van der Waals surface area contributed by atoms with Gasteiger partial charge in [-0.1, -0.05) is 35.0 Å². The molecule has 130 valence electrons. The van der Waals surface area contributed by atoms with Gasteiger partial charge in [0.1, 0.15) is 6.61 Å². The summed E-state index contributed by atoms with van der Waals surface area (Å²) in [4.78, 5) is 17.6. The van der Waals surface area contributed by atoms with Crippen molar-refractivity contribution in [1.82, 2.24) is 0 Å². The van der Waals surface area contributed by atoms with Crippen LogP contribution in [0.15, 0.2) is 23.2 Å². The number of carbonyl (C=O) groups is 1. The van der Waals surface area contributed by atoms with Crippen LogP contribution in [0.1, 0.15) is 0 Å². The Morgan fingerprint density at radius 3 is 2.62 bits per heavy atom. The third kappa shape index (κ3) is 3.72. The molecule has 0 N–H and O–H groups in total. The quantitative estimate of drug-likeness (QED) is 0.762. The number of hydrogen-bond acceptors (Lipinski definition) is 5. The second-order valence-electron chi connectivity index (χ2n) is 5.52. The van der Waals surface area contributed by atoms with Gasteiger partial charge in [0.05, 0.1) is 17.5 Å². The number of methoxy groups -OCH3 is 1. The van der Waals surface area contributed by atoms with E-state index in [4.69, 9.17) is 27.9 Å². The summed E-state index contributed by atoms with van der Waals surface area (Å²) in [5.74, 6) is -0.363. The number of fused-ring (bicyclic) bond motifs is 1. The highest BCUT2D eigenvalue weighted by atomic mass is 35.5. The fraction of sp³-hybridized carbons (Fsp3) is 0.429. The summed E-state index contributed by atoms with van der Waals surface area (Å²) in [6.07, 6.45) is 0. The van der Waals surface area contributed by atoms with Crippen molar-refractivity contribution >= 4 is 61.6 Å². The molecule has 24 heavy (non-hydrogen) atoms. The Hall–Kier alpha value is -0.800. The molecule has 2 fully saturated rings. The Labute approximate surface area is 154 Å². The molecule has 3 rings (SSSR count). The maximum absolute atomic E-state index is 12.0. The van der Waals surface area contributed by atoms with Gasteiger partial charge in [0.2, 0.25) is 0 Å². The van der Waals surface area contributed by atoms with E-state index < -0.39 is 15.7 Å². The van der Waals surface area contributed by atoms with E-state index in [9.17, 15) is 13.2 Å². The molecular weight excluding hydrogens is 395 g/mol. The smallest absolute Gasteiger partial charge is 0.274 e. The number of amidine groups is 1. The highest BCUT2D eigenvalue weighted by Gasteiger charge is 2.49. The van der Waals surface area contributed by atoms with Crippen molar-refractivity contribution in [2.45, 2.75) is 11.3 Å². The molecule has 0 radical (unpaired) electrons. The monoisotopic (exact) mass is 408 g/mol. The van der Waals surface area contributed by atoms with Gasteiger partial charge in [0, 0.05) is 28.1 Å². The van der Waals surface area contributed by atoms with E-state index in [2.05, 4.69) is 4.99 Å². The average molecular weight is 409 g/mol. The largest absolute Gasteiger partial charge is 0.375 e. The van der Waals surface area contributed by atoms with E-state index >= 15 is 0 Å². The average Bonchev–Trinajstić information content (AvgIpc) is 2.88. The maximum atomic E-state index is 12.0. The molecule has 2 aliphatic rings. The van der Waals surface area contributed by atoms with Gasteiger partial charge < -0.3 is 9.64 Å². The van der Waals surface area contributed by atoms with Crippen LogP contribution in [0, 0.1) is 0 Å². The number of halogens is 2. The molecule has 1 aromatic rings. The third-order valence-corrected chi connectivity index (χ3v) is 7.33. The Kier molecular flexibility index (Phi) is 5.13. The van der Waals surface area contributed by atoms with Crippen LogP contribution in [0.25, 0.3) is 0 Å². The molecule has 2 saturated heterocycles. The number of benzene rings is 1. The number of hydrogen-bond donors (Lipinski definition) is 0. The number of rotatable bonds is 3. The third-order valence-electron chi connectivity index (χ3n) is 3.68. The Bertz CT molecular complexity index is 793. The Morgan fingerprint density at radius 2 is 2.00 bits per heavy atom. The van der Waals surface area contributed by atoms with E-state index in [0.717, 1.165) is 0 Å². The van der Waals surface area contributed by atoms with Crippen LogP contribution in [0.3, 0.4) is 0 Å². The van der Waals surface area contributed by atoms with E-state index in [1.165, 1.54) is 18.9 Å². The molecular formula is C14H14Cl2N2O4S2. The zero-order valence-corrected chi connectivity index (χ0v) is 15.8. The summed E-state index contributed by atoms with van der Waals surface area (Å²) < 4.78 is 28.7. The second kappa shape index (κ2) is 6.84. The highest BCUT2D eigenvalue weighted by molar-refractivity contribution is 8.16. The molecule has 0 aliphatic carbocycles. The van der Waals surface area contributed by atoms with Crippen molar-refractivity contribution in [2.24, 2.45) is 4.99 Å². The van der Waals surface area contributed by atoms with Crippen molar-refractivity contribution in [3.05, 3.63) is 28.2 Å². The molecule has 2 aliphatic heterocycles. The number of amides is 1. The van der Waals surface area contributed by atoms with Crippen molar-refractivity contribution in [2.75, 3.05) is 30.1 Å². The van der Waals surface area contributed by atoms with Gasteiger partial charge in [-0.05, 0) is 18.2 Å². The number of anilines is 1. The number of aliphatic imine (C=N–C) groups is 1. The Morgan fingerprint density at radius 1 is 1.33 bits per heavy atom. The summed E-state index contributed by atoms with van der Waals surface area (Å²) in [5.41, 5.74) is 0.619. The molecule has 0 aromatic heterocycles. The van der Waals surface area contributed by atoms with Gasteiger partial charge >= 0.3 is 0 Å². The van der Waals surface area contributed by atoms with Crippen LogP contribution >= 0.6 is 35.0 Å². The van der Waals surface area contributed by atoms with Crippen molar-refractivity contribution in [3.63, 3.8) is 0 Å². The molecule has 10 heteroatoms. The van der Waals surface area contributed by atoms with Gasteiger partial charge in [0.15, 0.2) is 15.0 Å². The molecule has 0 spiro atoms. The summed E-state index contributed by atoms with van der Waals surface area (Å²) in [6, 6.07) is 4.64. The SMILES string of the molecule is COCC(=O)N=C1SC2CS(=O)(=O)CC2N1c1cc(Cl)cc(Cl)c1. The van der Waals surface area contributed by atoms with E-state index in [1.807, 2.05) is 0 Å². The van der Waals surface area contributed by atoms with Gasteiger partial charge in [-0.15, -0.1) is 0 Å². The van der Waals surface area contributed by atoms with Crippen LogP contribution in [0.4, 0.5) is 5.69 Å². The first-order valence-corrected chi connectivity index (χ1v) is 10.5. The van der Waals surface area contributed by atoms with Gasteiger partial charge in [-0.3, -0.25) is 4.79 Å². The van der Waals surface area contributed by atoms with Crippen LogP contribution in [-0.4, -0.2) is 56.0 Å². The summed E-state index contributed by atoms with van der Waals surface area (Å²) in [6.45, 7) is -0.137. The zero-order valence-electron chi connectivity index (χ0n) is 12.6. The molecule has 2 heterocycles. The fourth-order valence-electron chi connectivity index (χ4n) is 2.81. The zero-order chi connectivity index (χ0) is 17.5. The number of carbonyl (C=O) groups excluding carboxylic acids is 1. The first-order chi connectivity index (χ1) is 11.3. The standard InChI is InChI=1S/C14H14Cl2N2O4S2/c1-22-5-13(19)17-14-18(10-3-8(15)2-9(16)4-10)11-6-24(20,21)7-12(11)23-14/h2-4,11-12H,5-7H2,1H3. The van der Waals surface area contributed by atoms with Crippen LogP contribution in [-0.2, 0) is 19.4 Å². The van der Waals surface area contributed by atoms with Gasteiger partial charge in [-0.25, -0.2) is 8.42 Å². The minimum Gasteiger partial charge on any atom is -0.375 e. The summed E-state index contributed by atoms with van der Waals surface area (Å²) in [7, 11) is -1.71. The van der Waals surface area contributed by atoms with E-state index in [1.54, 1.807) is 23.1 Å². The lowest BCUT2D eigenvalue weighted by Gasteiger charge is -2.24. The van der Waals surface area contributed by atoms with Crippen LogP contribution in [0.2, 0.25) is 10.0 Å². The fourth-order valence-corrected chi connectivity index (χ4v) is 7.25. The van der Waals surface area contributed by atoms with E-state index in [0.29, 0.717) is 20.9 Å². The first-order valence-electron chi connectivity index (χ1n) is 7.02. The van der Waals surface area contributed by atoms with E-state index in [-0.39, 0.29) is 29.4 Å². The molecule has 0 saturated carbocycles. The predicted octanol–water partition coefficient (Wildman–Crippen LogP) is 2.24. The minimum absolute atomic E-state index is 0.00624. The van der Waals surface area contributed by atoms with Crippen LogP contribution in [0.5, 0.6) is 0 Å². The summed E-state index contributed by atoms with van der Waals surface area (Å²) in [5, 5.41) is 1.12. The highest BCUT2D eigenvalue weighted by Crippen LogP contribution is 2.42. The number of nitrogens with zero attached hydrogens (tertiary/aromatic N) is 2. The van der Waals surface area contributed by atoms with Gasteiger partial charge in [-0.2, -0.15) is 4.99 Å². The normalized spacial score (nSPS) is 26.8. The van der Waals surface area contributed by atoms with Gasteiger partial charge in [0.25, 0.3) is 5.91 Å². The lowest BCUT2D eigenvalue weighted by atomic mass is 10.2. The molecule has 2 unspecified atom stereocenters.